The molecule has 0 unspecified atom stereocenters. The van der Waals surface area contributed by atoms with Crippen molar-refractivity contribution >= 4 is 12.4 Å². The molecule has 72 valence electrons. The summed E-state index contributed by atoms with van der Waals surface area (Å²) in [7, 11) is 0. The van der Waals surface area contributed by atoms with E-state index in [1.165, 1.54) is 24.0 Å². The van der Waals surface area contributed by atoms with Crippen LogP contribution < -0.4 is 5.73 Å². The highest BCUT2D eigenvalue weighted by Gasteiger charge is 2.37. The number of aryl methyl sites for hydroxylation is 1. The number of hydrogen-bond acceptors (Lipinski definition) is 1. The lowest BCUT2D eigenvalue weighted by molar-refractivity contribution is 0.672. The van der Waals surface area contributed by atoms with Crippen LogP contribution >= 0.6 is 12.4 Å². The van der Waals surface area contributed by atoms with Crippen LogP contribution in [0.3, 0.4) is 0 Å². The fraction of sp³-hybridized carbons (Fsp3) is 0.455. The molecule has 0 bridgehead atoms. The standard InChI is InChI=1S/C11H15N.ClH/c1-9-3-2-4-10(7-9)8-11(12)5-6-11;/h2-4,7H,5-6,8,12H2,1H3;1H. The van der Waals surface area contributed by atoms with E-state index >= 15 is 0 Å². The minimum Gasteiger partial charge on any atom is -0.325 e. The summed E-state index contributed by atoms with van der Waals surface area (Å²) >= 11 is 0. The smallest absolute Gasteiger partial charge is 0.0196 e. The van der Waals surface area contributed by atoms with Gasteiger partial charge in [-0.3, -0.25) is 0 Å². The average molecular weight is 198 g/mol. The van der Waals surface area contributed by atoms with E-state index in [0.717, 1.165) is 6.42 Å². The zero-order valence-electron chi connectivity index (χ0n) is 7.92. The van der Waals surface area contributed by atoms with Crippen LogP contribution in [0.25, 0.3) is 0 Å². The van der Waals surface area contributed by atoms with Gasteiger partial charge in [0.05, 0.1) is 0 Å². The molecule has 0 saturated heterocycles. The normalized spacial score (nSPS) is 17.7. The Labute approximate surface area is 85.7 Å². The van der Waals surface area contributed by atoms with Crippen molar-refractivity contribution in [3.63, 3.8) is 0 Å². The second-order valence-electron chi connectivity index (χ2n) is 4.03. The molecule has 2 rings (SSSR count). The molecule has 1 aliphatic carbocycles. The molecule has 13 heavy (non-hydrogen) atoms. The van der Waals surface area contributed by atoms with Gasteiger partial charge in [0.25, 0.3) is 0 Å². The van der Waals surface area contributed by atoms with Crippen molar-refractivity contribution < 1.29 is 0 Å². The van der Waals surface area contributed by atoms with Crippen molar-refractivity contribution in [3.8, 4) is 0 Å². The number of hydrogen-bond donors (Lipinski definition) is 1. The summed E-state index contributed by atoms with van der Waals surface area (Å²) in [5.74, 6) is 0. The van der Waals surface area contributed by atoms with E-state index in [4.69, 9.17) is 5.73 Å². The zero-order chi connectivity index (χ0) is 8.60. The van der Waals surface area contributed by atoms with Crippen LogP contribution in [0.4, 0.5) is 0 Å². The number of benzene rings is 1. The third kappa shape index (κ3) is 2.71. The van der Waals surface area contributed by atoms with Crippen molar-refractivity contribution in [2.45, 2.75) is 31.7 Å². The molecule has 1 saturated carbocycles. The van der Waals surface area contributed by atoms with Gasteiger partial charge in [0.2, 0.25) is 0 Å². The summed E-state index contributed by atoms with van der Waals surface area (Å²) in [6.07, 6.45) is 3.44. The van der Waals surface area contributed by atoms with Gasteiger partial charge in [0, 0.05) is 5.54 Å². The largest absolute Gasteiger partial charge is 0.325 e. The van der Waals surface area contributed by atoms with E-state index < -0.39 is 0 Å². The van der Waals surface area contributed by atoms with Crippen molar-refractivity contribution in [1.82, 2.24) is 0 Å². The van der Waals surface area contributed by atoms with Crippen LogP contribution in [-0.4, -0.2) is 5.54 Å². The van der Waals surface area contributed by atoms with E-state index in [-0.39, 0.29) is 17.9 Å². The molecule has 0 aromatic heterocycles. The van der Waals surface area contributed by atoms with Crippen LogP contribution in [0.2, 0.25) is 0 Å². The Morgan fingerprint density at radius 1 is 1.38 bits per heavy atom. The predicted molar refractivity (Wildman–Crippen MR) is 58.3 cm³/mol. The third-order valence-corrected chi connectivity index (χ3v) is 2.53. The fourth-order valence-electron chi connectivity index (χ4n) is 1.57. The molecule has 0 heterocycles. The van der Waals surface area contributed by atoms with Gasteiger partial charge in [-0.05, 0) is 31.7 Å². The lowest BCUT2D eigenvalue weighted by Crippen LogP contribution is -2.24. The Hall–Kier alpha value is -0.530. The fourth-order valence-corrected chi connectivity index (χ4v) is 1.57. The summed E-state index contributed by atoms with van der Waals surface area (Å²) in [6, 6.07) is 8.63. The summed E-state index contributed by atoms with van der Waals surface area (Å²) in [5, 5.41) is 0. The number of halogens is 1. The van der Waals surface area contributed by atoms with Gasteiger partial charge in [-0.2, -0.15) is 0 Å². The van der Waals surface area contributed by atoms with Gasteiger partial charge in [-0.1, -0.05) is 29.8 Å². The minimum absolute atomic E-state index is 0. The van der Waals surface area contributed by atoms with Crippen molar-refractivity contribution in [3.05, 3.63) is 35.4 Å². The molecule has 1 nitrogen and oxygen atoms in total. The molecular formula is C11H16ClN. The van der Waals surface area contributed by atoms with E-state index in [2.05, 4.69) is 31.2 Å². The van der Waals surface area contributed by atoms with Crippen LogP contribution in [0.1, 0.15) is 24.0 Å². The van der Waals surface area contributed by atoms with Crippen molar-refractivity contribution in [2.24, 2.45) is 5.73 Å². The van der Waals surface area contributed by atoms with Gasteiger partial charge >= 0.3 is 0 Å². The molecule has 1 fully saturated rings. The lowest BCUT2D eigenvalue weighted by Gasteiger charge is -2.08. The molecule has 1 aromatic carbocycles. The monoisotopic (exact) mass is 197 g/mol. The summed E-state index contributed by atoms with van der Waals surface area (Å²) < 4.78 is 0. The molecule has 0 spiro atoms. The van der Waals surface area contributed by atoms with Crippen LogP contribution in [-0.2, 0) is 6.42 Å². The highest BCUT2D eigenvalue weighted by molar-refractivity contribution is 5.85. The minimum atomic E-state index is 0. The molecule has 0 atom stereocenters. The molecule has 2 heteroatoms. The van der Waals surface area contributed by atoms with Gasteiger partial charge < -0.3 is 5.73 Å². The van der Waals surface area contributed by atoms with Gasteiger partial charge in [0.1, 0.15) is 0 Å². The second-order valence-corrected chi connectivity index (χ2v) is 4.03. The third-order valence-electron chi connectivity index (χ3n) is 2.53. The first kappa shape index (κ1) is 10.6. The number of nitrogens with two attached hydrogens (primary N) is 1. The first-order chi connectivity index (χ1) is 5.68. The highest BCUT2D eigenvalue weighted by Crippen LogP contribution is 2.35. The quantitative estimate of drug-likeness (QED) is 0.775. The molecule has 0 radical (unpaired) electrons. The Kier molecular flexibility index (Phi) is 2.99. The zero-order valence-corrected chi connectivity index (χ0v) is 8.73. The van der Waals surface area contributed by atoms with Crippen LogP contribution in [0, 0.1) is 6.92 Å². The van der Waals surface area contributed by atoms with Gasteiger partial charge in [-0.15, -0.1) is 12.4 Å². The Morgan fingerprint density at radius 2 is 2.08 bits per heavy atom. The Morgan fingerprint density at radius 3 is 2.62 bits per heavy atom. The van der Waals surface area contributed by atoms with E-state index in [9.17, 15) is 0 Å². The molecule has 0 amide bonds. The molecule has 2 N–H and O–H groups in total. The predicted octanol–water partition coefficient (Wildman–Crippen LogP) is 2.45. The first-order valence-corrected chi connectivity index (χ1v) is 4.52. The average Bonchev–Trinajstić information content (AvgIpc) is 2.67. The SMILES string of the molecule is Cc1cccc(CC2(N)CC2)c1.Cl. The highest BCUT2D eigenvalue weighted by atomic mass is 35.5. The summed E-state index contributed by atoms with van der Waals surface area (Å²) in [4.78, 5) is 0. The number of rotatable bonds is 2. The second kappa shape index (κ2) is 3.69. The molecular weight excluding hydrogens is 182 g/mol. The van der Waals surface area contributed by atoms with E-state index in [0.29, 0.717) is 0 Å². The molecule has 1 aromatic rings. The van der Waals surface area contributed by atoms with Crippen LogP contribution in [0.5, 0.6) is 0 Å². The van der Waals surface area contributed by atoms with Gasteiger partial charge in [-0.25, -0.2) is 0 Å². The van der Waals surface area contributed by atoms with Crippen molar-refractivity contribution in [1.29, 1.82) is 0 Å². The summed E-state index contributed by atoms with van der Waals surface area (Å²) in [5.41, 5.74) is 8.89. The van der Waals surface area contributed by atoms with E-state index in [1.54, 1.807) is 0 Å². The summed E-state index contributed by atoms with van der Waals surface area (Å²) in [6.45, 7) is 2.12. The van der Waals surface area contributed by atoms with Crippen LogP contribution in [0.15, 0.2) is 24.3 Å². The maximum atomic E-state index is 6.03. The topological polar surface area (TPSA) is 26.0 Å². The molecule has 0 aliphatic heterocycles. The first-order valence-electron chi connectivity index (χ1n) is 4.52. The van der Waals surface area contributed by atoms with Crippen molar-refractivity contribution in [2.75, 3.05) is 0 Å². The Balaban J connectivity index is 0.000000845. The van der Waals surface area contributed by atoms with E-state index in [1.807, 2.05) is 0 Å². The molecule has 1 aliphatic rings. The lowest BCUT2D eigenvalue weighted by atomic mass is 10.0. The maximum absolute atomic E-state index is 6.03. The van der Waals surface area contributed by atoms with Gasteiger partial charge in [0.15, 0.2) is 0 Å². The maximum Gasteiger partial charge on any atom is 0.0196 e. The Bertz CT molecular complexity index is 292.